The second kappa shape index (κ2) is 11.9. The van der Waals surface area contributed by atoms with Crippen LogP contribution in [-0.2, 0) is 13.1 Å². The number of rotatable bonds is 9. The smallest absolute Gasteiger partial charge is 0.317 e. The summed E-state index contributed by atoms with van der Waals surface area (Å²) in [4.78, 5) is 17.3. The maximum atomic E-state index is 13.3. The minimum Gasteiger partial charge on any atom is -0.493 e. The Bertz CT molecular complexity index is 831. The second-order valence-corrected chi connectivity index (χ2v) is 9.26. The van der Waals surface area contributed by atoms with Gasteiger partial charge >= 0.3 is 6.03 Å². The normalized spacial score (nSPS) is 15.0. The van der Waals surface area contributed by atoms with E-state index in [2.05, 4.69) is 31.1 Å². The van der Waals surface area contributed by atoms with Crippen LogP contribution in [0.1, 0.15) is 37.8 Å². The zero-order valence-corrected chi connectivity index (χ0v) is 19.5. The Morgan fingerprint density at radius 1 is 1.09 bits per heavy atom. The van der Waals surface area contributed by atoms with Crippen molar-refractivity contribution in [3.8, 4) is 5.75 Å². The molecule has 1 aliphatic heterocycles. The van der Waals surface area contributed by atoms with Gasteiger partial charge in [-0.1, -0.05) is 38.1 Å². The lowest BCUT2D eigenvalue weighted by Crippen LogP contribution is -2.43. The standard InChI is InChI=1S/C26H36FN3O2/c1-20(2)19-32-25-10-6-21(7-11-25)16-28-26(31)30(17-22-4-8-24(27)9-5-22)18-23-12-14-29(3)15-13-23/h4-11,20,23H,12-19H2,1-3H3,(H,28,31). The molecule has 0 aromatic heterocycles. The summed E-state index contributed by atoms with van der Waals surface area (Å²) in [6.07, 6.45) is 2.17. The molecule has 5 nitrogen and oxygen atoms in total. The van der Waals surface area contributed by atoms with Gasteiger partial charge in [0.2, 0.25) is 0 Å². The highest BCUT2D eigenvalue weighted by Gasteiger charge is 2.22. The summed E-state index contributed by atoms with van der Waals surface area (Å²) in [5, 5.41) is 3.06. The number of benzene rings is 2. The van der Waals surface area contributed by atoms with Gasteiger partial charge in [0.1, 0.15) is 11.6 Å². The number of nitrogens with one attached hydrogen (secondary N) is 1. The largest absolute Gasteiger partial charge is 0.493 e. The van der Waals surface area contributed by atoms with E-state index in [1.165, 1.54) is 12.1 Å². The number of hydrogen-bond acceptors (Lipinski definition) is 3. The number of likely N-dealkylation sites (tertiary alicyclic amines) is 1. The minimum absolute atomic E-state index is 0.0895. The fourth-order valence-corrected chi connectivity index (χ4v) is 3.84. The summed E-state index contributed by atoms with van der Waals surface area (Å²) in [7, 11) is 2.14. The number of piperidine rings is 1. The van der Waals surface area contributed by atoms with Crippen molar-refractivity contribution in [3.63, 3.8) is 0 Å². The Morgan fingerprint density at radius 2 is 1.72 bits per heavy atom. The van der Waals surface area contributed by atoms with Crippen LogP contribution in [0.2, 0.25) is 0 Å². The van der Waals surface area contributed by atoms with Crippen molar-refractivity contribution < 1.29 is 13.9 Å². The second-order valence-electron chi connectivity index (χ2n) is 9.26. The topological polar surface area (TPSA) is 44.8 Å². The first-order valence-corrected chi connectivity index (χ1v) is 11.6. The zero-order chi connectivity index (χ0) is 22.9. The van der Waals surface area contributed by atoms with Crippen LogP contribution in [-0.4, -0.2) is 49.1 Å². The van der Waals surface area contributed by atoms with E-state index in [1.807, 2.05) is 29.2 Å². The number of halogens is 1. The molecule has 6 heteroatoms. The van der Waals surface area contributed by atoms with E-state index in [1.54, 1.807) is 12.1 Å². The molecule has 1 N–H and O–H groups in total. The monoisotopic (exact) mass is 441 g/mol. The van der Waals surface area contributed by atoms with Gasteiger partial charge in [-0.05, 0) is 80.2 Å². The molecule has 1 heterocycles. The van der Waals surface area contributed by atoms with E-state index >= 15 is 0 Å². The molecule has 2 aromatic rings. The van der Waals surface area contributed by atoms with E-state index in [-0.39, 0.29) is 11.8 Å². The van der Waals surface area contributed by atoms with Crippen LogP contribution in [0.15, 0.2) is 48.5 Å². The average molecular weight is 442 g/mol. The number of amides is 2. The SMILES string of the molecule is CC(C)COc1ccc(CNC(=O)N(Cc2ccc(F)cc2)CC2CCN(C)CC2)cc1. The molecule has 2 aromatic carbocycles. The molecule has 0 unspecified atom stereocenters. The highest BCUT2D eigenvalue weighted by Crippen LogP contribution is 2.19. The zero-order valence-electron chi connectivity index (χ0n) is 19.5. The van der Waals surface area contributed by atoms with Gasteiger partial charge in [0, 0.05) is 19.6 Å². The first-order chi connectivity index (χ1) is 15.4. The number of nitrogens with zero attached hydrogens (tertiary/aromatic N) is 2. The third kappa shape index (κ3) is 7.83. The predicted octanol–water partition coefficient (Wildman–Crippen LogP) is 4.91. The third-order valence-corrected chi connectivity index (χ3v) is 5.84. The number of carbonyl (C=O) groups excluding carboxylic acids is 1. The van der Waals surface area contributed by atoms with Gasteiger partial charge in [-0.15, -0.1) is 0 Å². The van der Waals surface area contributed by atoms with E-state index in [4.69, 9.17) is 4.74 Å². The lowest BCUT2D eigenvalue weighted by Gasteiger charge is -2.33. The van der Waals surface area contributed by atoms with Gasteiger partial charge < -0.3 is 19.9 Å². The molecule has 0 bridgehead atoms. The number of urea groups is 1. The summed E-state index contributed by atoms with van der Waals surface area (Å²) < 4.78 is 19.0. The molecular formula is C26H36FN3O2. The molecule has 0 spiro atoms. The molecule has 0 radical (unpaired) electrons. The van der Waals surface area contributed by atoms with E-state index in [0.717, 1.165) is 42.8 Å². The average Bonchev–Trinajstić information content (AvgIpc) is 2.79. The maximum absolute atomic E-state index is 13.3. The van der Waals surface area contributed by atoms with Crippen LogP contribution >= 0.6 is 0 Å². The molecule has 3 rings (SSSR count). The van der Waals surface area contributed by atoms with Crippen molar-refractivity contribution in [2.75, 3.05) is 33.3 Å². The van der Waals surface area contributed by atoms with Crippen molar-refractivity contribution in [2.45, 2.75) is 39.8 Å². The summed E-state index contributed by atoms with van der Waals surface area (Å²) >= 11 is 0. The van der Waals surface area contributed by atoms with Gasteiger partial charge in [-0.3, -0.25) is 0 Å². The van der Waals surface area contributed by atoms with Crippen LogP contribution in [0.5, 0.6) is 5.75 Å². The summed E-state index contributed by atoms with van der Waals surface area (Å²) in [6.45, 7) is 8.67. The highest BCUT2D eigenvalue weighted by atomic mass is 19.1. The van der Waals surface area contributed by atoms with Gasteiger partial charge in [-0.2, -0.15) is 0 Å². The van der Waals surface area contributed by atoms with E-state index < -0.39 is 0 Å². The van der Waals surface area contributed by atoms with Crippen molar-refractivity contribution in [1.82, 2.24) is 15.1 Å². The molecule has 1 aliphatic rings. The van der Waals surface area contributed by atoms with Gasteiger partial charge in [-0.25, -0.2) is 9.18 Å². The Balaban J connectivity index is 1.58. The van der Waals surface area contributed by atoms with Crippen LogP contribution in [0, 0.1) is 17.7 Å². The summed E-state index contributed by atoms with van der Waals surface area (Å²) in [5.74, 6) is 1.54. The molecule has 1 saturated heterocycles. The van der Waals surface area contributed by atoms with Crippen LogP contribution in [0.3, 0.4) is 0 Å². The van der Waals surface area contributed by atoms with Crippen LogP contribution < -0.4 is 10.1 Å². The fraction of sp³-hybridized carbons (Fsp3) is 0.500. The molecule has 2 amide bonds. The Kier molecular flexibility index (Phi) is 8.91. The summed E-state index contributed by atoms with van der Waals surface area (Å²) in [5.41, 5.74) is 1.96. The lowest BCUT2D eigenvalue weighted by atomic mass is 9.96. The van der Waals surface area contributed by atoms with Crippen molar-refractivity contribution >= 4 is 6.03 Å². The number of hydrogen-bond donors (Lipinski definition) is 1. The number of ether oxygens (including phenoxy) is 1. The van der Waals surface area contributed by atoms with Crippen molar-refractivity contribution in [1.29, 1.82) is 0 Å². The predicted molar refractivity (Wildman–Crippen MR) is 126 cm³/mol. The van der Waals surface area contributed by atoms with Crippen LogP contribution in [0.25, 0.3) is 0 Å². The Morgan fingerprint density at radius 3 is 2.34 bits per heavy atom. The highest BCUT2D eigenvalue weighted by molar-refractivity contribution is 5.74. The minimum atomic E-state index is -0.263. The summed E-state index contributed by atoms with van der Waals surface area (Å²) in [6, 6.07) is 14.2. The lowest BCUT2D eigenvalue weighted by molar-refractivity contribution is 0.155. The maximum Gasteiger partial charge on any atom is 0.317 e. The van der Waals surface area contributed by atoms with E-state index in [0.29, 0.717) is 38.1 Å². The molecule has 0 atom stereocenters. The van der Waals surface area contributed by atoms with Gasteiger partial charge in [0.15, 0.2) is 0 Å². The van der Waals surface area contributed by atoms with Crippen LogP contribution in [0.4, 0.5) is 9.18 Å². The Hall–Kier alpha value is -2.60. The first kappa shape index (κ1) is 24.1. The molecule has 174 valence electrons. The quantitative estimate of drug-likeness (QED) is 0.601. The molecule has 1 fully saturated rings. The van der Waals surface area contributed by atoms with Gasteiger partial charge in [0.05, 0.1) is 6.61 Å². The Labute approximate surface area is 191 Å². The first-order valence-electron chi connectivity index (χ1n) is 11.6. The van der Waals surface area contributed by atoms with Gasteiger partial charge in [0.25, 0.3) is 0 Å². The fourth-order valence-electron chi connectivity index (χ4n) is 3.84. The molecule has 0 saturated carbocycles. The molecule has 0 aliphatic carbocycles. The molecule has 32 heavy (non-hydrogen) atoms. The van der Waals surface area contributed by atoms with Crippen molar-refractivity contribution in [3.05, 3.63) is 65.5 Å². The third-order valence-electron chi connectivity index (χ3n) is 5.84. The van der Waals surface area contributed by atoms with E-state index in [9.17, 15) is 9.18 Å². The van der Waals surface area contributed by atoms with Crippen molar-refractivity contribution in [2.24, 2.45) is 11.8 Å². The molecular weight excluding hydrogens is 405 g/mol. The number of carbonyl (C=O) groups is 1.